The second kappa shape index (κ2) is 3.32. The van der Waals surface area contributed by atoms with Crippen LogP contribution in [-0.2, 0) is 13.6 Å². The lowest BCUT2D eigenvalue weighted by Gasteiger charge is -2.16. The predicted molar refractivity (Wildman–Crippen MR) is 35.3 cm³/mol. The van der Waals surface area contributed by atoms with Crippen molar-refractivity contribution in [3.63, 3.8) is 0 Å². The van der Waals surface area contributed by atoms with Crippen LogP contribution in [0.4, 0.5) is 0 Å². The SMILES string of the molecule is COP(=O)(OC)[C@H](C)N. The van der Waals surface area contributed by atoms with Gasteiger partial charge in [0.2, 0.25) is 0 Å². The Hall–Kier alpha value is 0.110. The number of rotatable bonds is 3. The Kier molecular flexibility index (Phi) is 3.36. The van der Waals surface area contributed by atoms with Crippen LogP contribution in [0.2, 0.25) is 0 Å². The van der Waals surface area contributed by atoms with Gasteiger partial charge in [0.05, 0.1) is 0 Å². The molecular formula is C4H12NO3P. The molecule has 0 aromatic heterocycles. The molecule has 0 aromatic carbocycles. The van der Waals surface area contributed by atoms with Crippen molar-refractivity contribution in [3.05, 3.63) is 0 Å². The molecule has 0 aliphatic heterocycles. The van der Waals surface area contributed by atoms with E-state index in [0.29, 0.717) is 0 Å². The van der Waals surface area contributed by atoms with Crippen LogP contribution < -0.4 is 5.73 Å². The molecule has 4 nitrogen and oxygen atoms in total. The van der Waals surface area contributed by atoms with Crippen LogP contribution in [0.1, 0.15) is 6.92 Å². The lowest BCUT2D eigenvalue weighted by molar-refractivity contribution is 0.268. The molecule has 56 valence electrons. The van der Waals surface area contributed by atoms with Crippen LogP contribution >= 0.6 is 7.60 Å². The van der Waals surface area contributed by atoms with Crippen molar-refractivity contribution >= 4 is 7.60 Å². The molecule has 0 heterocycles. The maximum Gasteiger partial charge on any atom is 0.346 e. The molecule has 0 aliphatic rings. The molecule has 0 fully saturated rings. The van der Waals surface area contributed by atoms with Crippen LogP contribution in [-0.4, -0.2) is 20.0 Å². The van der Waals surface area contributed by atoms with Gasteiger partial charge in [-0.05, 0) is 6.92 Å². The zero-order chi connectivity index (χ0) is 7.49. The van der Waals surface area contributed by atoms with Gasteiger partial charge in [-0.1, -0.05) is 0 Å². The molecule has 0 saturated carbocycles. The second-order valence-corrected chi connectivity index (χ2v) is 4.27. The normalized spacial score (nSPS) is 15.6. The van der Waals surface area contributed by atoms with Gasteiger partial charge in [0.25, 0.3) is 0 Å². The van der Waals surface area contributed by atoms with Gasteiger partial charge in [-0.3, -0.25) is 4.57 Å². The van der Waals surface area contributed by atoms with E-state index in [0.717, 1.165) is 0 Å². The summed E-state index contributed by atoms with van der Waals surface area (Å²) < 4.78 is 20.2. The highest BCUT2D eigenvalue weighted by Crippen LogP contribution is 2.48. The minimum Gasteiger partial charge on any atom is -0.318 e. The standard InChI is InChI=1S/C4H12NO3P/c1-4(5)9(6,7-2)8-3/h4H,5H2,1-3H3/t4-/m1/s1. The topological polar surface area (TPSA) is 61.5 Å². The summed E-state index contributed by atoms with van der Waals surface area (Å²) in [6.45, 7) is 1.58. The molecule has 2 N–H and O–H groups in total. The molecule has 1 atom stereocenters. The lowest BCUT2D eigenvalue weighted by Crippen LogP contribution is -2.17. The Morgan fingerprint density at radius 3 is 1.78 bits per heavy atom. The Labute approximate surface area is 54.9 Å². The molecule has 0 radical (unpaired) electrons. The molecule has 0 rings (SSSR count). The molecule has 9 heavy (non-hydrogen) atoms. The Morgan fingerprint density at radius 1 is 1.44 bits per heavy atom. The molecule has 0 spiro atoms. The summed E-state index contributed by atoms with van der Waals surface area (Å²) in [5.41, 5.74) is 5.28. The zero-order valence-corrected chi connectivity index (χ0v) is 6.72. The molecule has 0 unspecified atom stereocenters. The van der Waals surface area contributed by atoms with E-state index in [4.69, 9.17) is 5.73 Å². The monoisotopic (exact) mass is 153 g/mol. The highest BCUT2D eigenvalue weighted by atomic mass is 31.2. The van der Waals surface area contributed by atoms with Gasteiger partial charge in [0.1, 0.15) is 5.78 Å². The summed E-state index contributed by atoms with van der Waals surface area (Å²) in [4.78, 5) is 0. The average Bonchev–Trinajstić information content (AvgIpc) is 1.86. The van der Waals surface area contributed by atoms with E-state index in [1.807, 2.05) is 0 Å². The number of hydrogen-bond donors (Lipinski definition) is 1. The van der Waals surface area contributed by atoms with Crippen LogP contribution in [0.15, 0.2) is 0 Å². The molecule has 5 heteroatoms. The maximum atomic E-state index is 11.1. The van der Waals surface area contributed by atoms with Gasteiger partial charge in [-0.2, -0.15) is 0 Å². The Balaban J connectivity index is 4.11. The second-order valence-electron chi connectivity index (χ2n) is 1.65. The van der Waals surface area contributed by atoms with E-state index < -0.39 is 13.4 Å². The molecular weight excluding hydrogens is 141 g/mol. The predicted octanol–water partition coefficient (Wildman–Crippen LogP) is 0.777. The van der Waals surface area contributed by atoms with Crippen molar-refractivity contribution in [2.45, 2.75) is 12.7 Å². The fraction of sp³-hybridized carbons (Fsp3) is 1.00. The highest BCUT2D eigenvalue weighted by Gasteiger charge is 2.25. The Bertz CT molecular complexity index is 117. The van der Waals surface area contributed by atoms with Gasteiger partial charge in [0, 0.05) is 14.2 Å². The maximum absolute atomic E-state index is 11.1. The van der Waals surface area contributed by atoms with Crippen molar-refractivity contribution in [2.75, 3.05) is 14.2 Å². The number of hydrogen-bond acceptors (Lipinski definition) is 4. The molecule has 0 amide bonds. The summed E-state index contributed by atoms with van der Waals surface area (Å²) in [5.74, 6) is -0.563. The van der Waals surface area contributed by atoms with Gasteiger partial charge in [0.15, 0.2) is 0 Å². The molecule has 0 saturated heterocycles. The van der Waals surface area contributed by atoms with Crippen LogP contribution in [0.25, 0.3) is 0 Å². The van der Waals surface area contributed by atoms with Crippen molar-refractivity contribution in [1.29, 1.82) is 0 Å². The van der Waals surface area contributed by atoms with Gasteiger partial charge in [-0.25, -0.2) is 0 Å². The fourth-order valence-corrected chi connectivity index (χ4v) is 1.22. The number of nitrogens with two attached hydrogens (primary N) is 1. The van der Waals surface area contributed by atoms with E-state index in [1.54, 1.807) is 6.92 Å². The van der Waals surface area contributed by atoms with E-state index in [9.17, 15) is 4.57 Å². The first-order valence-electron chi connectivity index (χ1n) is 2.53. The van der Waals surface area contributed by atoms with E-state index in [1.165, 1.54) is 14.2 Å². The fourth-order valence-electron chi connectivity index (χ4n) is 0.407. The van der Waals surface area contributed by atoms with E-state index >= 15 is 0 Å². The van der Waals surface area contributed by atoms with Crippen LogP contribution in [0.5, 0.6) is 0 Å². The summed E-state index contributed by atoms with van der Waals surface area (Å²) >= 11 is 0. The van der Waals surface area contributed by atoms with Crippen molar-refractivity contribution in [1.82, 2.24) is 0 Å². The molecule has 0 bridgehead atoms. The van der Waals surface area contributed by atoms with Crippen LogP contribution in [0, 0.1) is 0 Å². The average molecular weight is 153 g/mol. The third-order valence-electron chi connectivity index (χ3n) is 1.01. The Morgan fingerprint density at radius 2 is 1.78 bits per heavy atom. The quantitative estimate of drug-likeness (QED) is 0.608. The van der Waals surface area contributed by atoms with Gasteiger partial charge >= 0.3 is 7.60 Å². The summed E-state index contributed by atoms with van der Waals surface area (Å²) in [6, 6.07) is 0. The summed E-state index contributed by atoms with van der Waals surface area (Å²) in [5, 5.41) is 0. The van der Waals surface area contributed by atoms with E-state index in [2.05, 4.69) is 9.05 Å². The van der Waals surface area contributed by atoms with Crippen LogP contribution in [0.3, 0.4) is 0 Å². The van der Waals surface area contributed by atoms with Crippen molar-refractivity contribution in [3.8, 4) is 0 Å². The van der Waals surface area contributed by atoms with Gasteiger partial charge in [-0.15, -0.1) is 0 Å². The van der Waals surface area contributed by atoms with Crippen molar-refractivity contribution in [2.24, 2.45) is 5.73 Å². The van der Waals surface area contributed by atoms with Crippen molar-refractivity contribution < 1.29 is 13.6 Å². The first-order valence-corrected chi connectivity index (χ1v) is 4.14. The largest absolute Gasteiger partial charge is 0.346 e. The summed E-state index contributed by atoms with van der Waals surface area (Å²) in [7, 11) is -0.349. The van der Waals surface area contributed by atoms with E-state index in [-0.39, 0.29) is 0 Å². The minimum atomic E-state index is -2.98. The first-order chi connectivity index (χ1) is 4.06. The smallest absolute Gasteiger partial charge is 0.318 e. The minimum absolute atomic E-state index is 0.563. The third kappa shape index (κ3) is 2.06. The third-order valence-corrected chi connectivity index (χ3v) is 3.02. The zero-order valence-electron chi connectivity index (χ0n) is 5.83. The molecule has 0 aromatic rings. The summed E-state index contributed by atoms with van der Waals surface area (Å²) in [6.07, 6.45) is 0. The lowest BCUT2D eigenvalue weighted by atomic mass is 10.8. The highest BCUT2D eigenvalue weighted by molar-refractivity contribution is 7.54. The van der Waals surface area contributed by atoms with Gasteiger partial charge < -0.3 is 14.8 Å². The first kappa shape index (κ1) is 9.11. The molecule has 0 aliphatic carbocycles.